The zero-order chi connectivity index (χ0) is 44.9. The van der Waals surface area contributed by atoms with Crippen LogP contribution < -0.4 is 28.3 Å². The molecule has 2 N–H and O–H groups in total. The van der Waals surface area contributed by atoms with Gasteiger partial charge in [0.2, 0.25) is 23.6 Å². The third-order valence-electron chi connectivity index (χ3n) is 9.06. The van der Waals surface area contributed by atoms with E-state index in [0.717, 1.165) is 10.0 Å². The summed E-state index contributed by atoms with van der Waals surface area (Å²) in [5.41, 5.74) is 1.25. The Morgan fingerprint density at radius 3 is 1.43 bits per heavy atom. The Bertz CT molecular complexity index is 2400. The Labute approximate surface area is 392 Å². The fraction of sp³-hybridized carbons (Fsp3) is 0.325. The van der Waals surface area contributed by atoms with E-state index in [4.69, 9.17) is 60.6 Å². The Balaban J connectivity index is 0.000000326. The maximum atomic E-state index is 12.3. The van der Waals surface area contributed by atoms with E-state index < -0.39 is 41.6 Å². The van der Waals surface area contributed by atoms with E-state index in [0.29, 0.717) is 24.0 Å². The van der Waals surface area contributed by atoms with Gasteiger partial charge in [0, 0.05) is 55.4 Å². The molecule has 0 aliphatic carbocycles. The molecule has 0 fully saturated rings. The van der Waals surface area contributed by atoms with Crippen LogP contribution in [0.25, 0.3) is 0 Å². The number of ether oxygens (including phenoxy) is 3. The molecule has 2 atom stereocenters. The van der Waals surface area contributed by atoms with Gasteiger partial charge in [-0.05, 0) is 37.1 Å². The normalized spacial score (nSPS) is 17.3. The summed E-state index contributed by atoms with van der Waals surface area (Å²) in [7, 11) is 2.90. The van der Waals surface area contributed by atoms with Crippen molar-refractivity contribution in [2.24, 2.45) is 20.2 Å². The topological polar surface area (TPSA) is 253 Å². The Hall–Kier alpha value is -5.03. The number of hydrazone groups is 2. The standard InChI is InChI=1S/C21H19Cl2N3O6.C19H17Cl2N3O5.Li.H2O/c1-4-17(31-10(2)27)12-7-18(24-9-16(12)29)32-21-13(22)5-11(6-14(21)23)20-15(28)8-19(30)26(3)25-20;1-3-13(25)10-6-16(22-8-15(10)27)29-19-11(20)4-9(5-12(19)21)18-14(26)7-17(28)24(2)23-18;;/h5-7,17H,4,8-9H2,1-3H3;4-6,13,25H,3,7-8H2,1-2H3;;1H2/q;;+1;/p-1. The quantitative estimate of drug-likeness (QED) is 0.215. The molecular weight excluding hydrogens is 905 g/mol. The molecule has 4 heterocycles. The first-order valence-electron chi connectivity index (χ1n) is 18.4. The predicted octanol–water partition coefficient (Wildman–Crippen LogP) is 1.77. The summed E-state index contributed by atoms with van der Waals surface area (Å²) in [6, 6.07) is 5.78. The van der Waals surface area contributed by atoms with Gasteiger partial charge >= 0.3 is 24.8 Å². The van der Waals surface area contributed by atoms with E-state index >= 15 is 0 Å². The molecule has 4 aliphatic heterocycles. The molecule has 6 rings (SSSR count). The largest absolute Gasteiger partial charge is 1.00 e. The molecule has 2 aromatic carbocycles. The fourth-order valence-electron chi connectivity index (χ4n) is 5.89. The summed E-state index contributed by atoms with van der Waals surface area (Å²) in [4.78, 5) is 91.2. The van der Waals surface area contributed by atoms with E-state index in [1.807, 2.05) is 0 Å². The smallest absolute Gasteiger partial charge is 0.870 e. The number of aliphatic hydroxyl groups is 1. The van der Waals surface area contributed by atoms with Crippen molar-refractivity contribution in [2.75, 3.05) is 27.2 Å². The van der Waals surface area contributed by atoms with Gasteiger partial charge < -0.3 is 24.8 Å². The van der Waals surface area contributed by atoms with Crippen LogP contribution in [-0.2, 0) is 38.3 Å². The van der Waals surface area contributed by atoms with Gasteiger partial charge in [0.25, 0.3) is 0 Å². The van der Waals surface area contributed by atoms with Crippen molar-refractivity contribution in [1.82, 2.24) is 10.0 Å². The molecule has 0 aromatic heterocycles. The summed E-state index contributed by atoms with van der Waals surface area (Å²) >= 11 is 25.3. The number of hydrogen-bond donors (Lipinski definition) is 1. The minimum atomic E-state index is -0.917. The third kappa shape index (κ3) is 12.6. The molecule has 0 saturated carbocycles. The van der Waals surface area contributed by atoms with Crippen LogP contribution in [0.4, 0.5) is 0 Å². The number of carbonyl (C=O) groups is 7. The number of dihydropyridines is 2. The molecule has 0 radical (unpaired) electrons. The van der Waals surface area contributed by atoms with E-state index in [-0.39, 0.29) is 128 Å². The Morgan fingerprint density at radius 2 is 1.06 bits per heavy atom. The number of halogens is 4. The molecule has 328 valence electrons. The molecule has 0 spiro atoms. The summed E-state index contributed by atoms with van der Waals surface area (Å²) in [6.07, 6.45) is 1.28. The summed E-state index contributed by atoms with van der Waals surface area (Å²) < 4.78 is 16.6. The van der Waals surface area contributed by atoms with E-state index in [1.165, 1.54) is 57.4 Å². The third-order valence-corrected chi connectivity index (χ3v) is 10.2. The van der Waals surface area contributed by atoms with E-state index in [9.17, 15) is 38.7 Å². The van der Waals surface area contributed by atoms with Gasteiger partial charge in [-0.3, -0.25) is 33.6 Å². The number of ketones is 4. The van der Waals surface area contributed by atoms with Gasteiger partial charge in [-0.15, -0.1) is 0 Å². The van der Waals surface area contributed by atoms with E-state index in [1.54, 1.807) is 13.8 Å². The monoisotopic (exact) mass is 940 g/mol. The van der Waals surface area contributed by atoms with Crippen molar-refractivity contribution in [3.05, 3.63) is 78.8 Å². The molecule has 2 aromatic rings. The number of benzene rings is 2. The van der Waals surface area contributed by atoms with Gasteiger partial charge in [-0.25, -0.2) is 20.0 Å². The number of amides is 2. The van der Waals surface area contributed by atoms with Crippen LogP contribution in [-0.4, -0.2) is 124 Å². The second-order valence-electron chi connectivity index (χ2n) is 13.5. The Kier molecular flexibility index (Phi) is 18.7. The van der Waals surface area contributed by atoms with Crippen LogP contribution in [0.3, 0.4) is 0 Å². The maximum Gasteiger partial charge on any atom is 1.00 e. The zero-order valence-corrected chi connectivity index (χ0v) is 37.6. The minimum absolute atomic E-state index is 0. The number of nitrogens with zero attached hydrogens (tertiary/aromatic N) is 6. The van der Waals surface area contributed by atoms with Crippen LogP contribution in [0, 0.1) is 0 Å². The SMILES string of the molecule is CCC(O)C1=CC(Oc2c(Cl)cc(C3=NN(C)C(=O)CC3=O)cc2Cl)=NCC1=O.CCC(OC(C)=O)C1=CC(Oc2c(Cl)cc(C3=NN(C)C(=O)CC3=O)cc2Cl)=NCC1=O.[Li+].[OH-]. The molecule has 63 heavy (non-hydrogen) atoms. The second-order valence-corrected chi connectivity index (χ2v) is 15.1. The molecule has 2 unspecified atom stereocenters. The van der Waals surface area contributed by atoms with Gasteiger partial charge in [-0.1, -0.05) is 60.3 Å². The summed E-state index contributed by atoms with van der Waals surface area (Å²) in [5, 5.41) is 20.4. The average molecular weight is 943 g/mol. The fourth-order valence-corrected chi connectivity index (χ4v) is 7.02. The van der Waals surface area contributed by atoms with Crippen molar-refractivity contribution in [2.45, 2.75) is 58.7 Å². The predicted molar refractivity (Wildman–Crippen MR) is 227 cm³/mol. The van der Waals surface area contributed by atoms with Crippen LogP contribution in [0.15, 0.2) is 67.8 Å². The van der Waals surface area contributed by atoms with Crippen LogP contribution in [0.5, 0.6) is 11.5 Å². The Morgan fingerprint density at radius 1 is 0.683 bits per heavy atom. The number of Topliss-reactive ketones (excluding diaryl/α,β-unsaturated/α-hetero) is 4. The van der Waals surface area contributed by atoms with Gasteiger partial charge in [-0.2, -0.15) is 10.2 Å². The summed E-state index contributed by atoms with van der Waals surface area (Å²) in [5.74, 6) is -2.49. The molecule has 0 saturated heterocycles. The van der Waals surface area contributed by atoms with Crippen molar-refractivity contribution in [3.63, 3.8) is 0 Å². The first-order valence-corrected chi connectivity index (χ1v) is 19.9. The van der Waals surface area contributed by atoms with Crippen molar-refractivity contribution in [1.29, 1.82) is 0 Å². The first-order chi connectivity index (χ1) is 28.8. The van der Waals surface area contributed by atoms with Crippen LogP contribution in [0.1, 0.15) is 57.6 Å². The second kappa shape index (κ2) is 22.5. The number of aliphatic hydroxyl groups excluding tert-OH is 1. The van der Waals surface area contributed by atoms with Gasteiger partial charge in [0.15, 0.2) is 34.6 Å². The molecular formula is C40H37Cl4LiN6O12. The minimum Gasteiger partial charge on any atom is -0.870 e. The van der Waals surface area contributed by atoms with Gasteiger partial charge in [0.1, 0.15) is 30.6 Å². The molecule has 4 aliphatic rings. The molecule has 18 nitrogen and oxygen atoms in total. The van der Waals surface area contributed by atoms with Crippen LogP contribution in [0.2, 0.25) is 20.1 Å². The van der Waals surface area contributed by atoms with Crippen molar-refractivity contribution < 1.29 is 77.2 Å². The molecule has 0 bridgehead atoms. The van der Waals surface area contributed by atoms with Crippen LogP contribution >= 0.6 is 46.4 Å². The first kappa shape index (κ1) is 52.3. The average Bonchev–Trinajstić information content (AvgIpc) is 3.20. The summed E-state index contributed by atoms with van der Waals surface area (Å²) in [6.45, 7) is 4.45. The maximum absolute atomic E-state index is 12.3. The van der Waals surface area contributed by atoms with Crippen molar-refractivity contribution >= 4 is 111 Å². The zero-order valence-electron chi connectivity index (χ0n) is 34.5. The van der Waals surface area contributed by atoms with Crippen molar-refractivity contribution in [3.8, 4) is 11.5 Å². The number of rotatable bonds is 9. The number of esters is 1. The van der Waals surface area contributed by atoms with Gasteiger partial charge in [0.05, 0.1) is 39.0 Å². The molecule has 2 amide bonds. The number of carbonyl (C=O) groups excluding carboxylic acids is 7. The number of hydrogen-bond acceptors (Lipinski definition) is 16. The van der Waals surface area contributed by atoms with E-state index in [2.05, 4.69) is 20.2 Å². The number of aliphatic imine (C=N–C) groups is 2. The molecule has 23 heteroatoms.